The number of halogens is 4. The molecule has 2 aromatic carbocycles. The van der Waals surface area contributed by atoms with Crippen molar-refractivity contribution in [2.24, 2.45) is 5.92 Å². The molecule has 3 aliphatic rings. The standard InChI is InChI=1S/C26H25F4NOS/c27-19-4-7-21-24(14-19)33-23-8-3-18(26(28,29)30)13-22(23)25(21)17-9-11-31(12-10-17)15-16-1-5-20(32)6-2-16/h3-4,7-8,13-14,16H,1-2,5-6,9-12,15H2. The van der Waals surface area contributed by atoms with Crippen LogP contribution in [0.1, 0.15) is 55.2 Å². The van der Waals surface area contributed by atoms with Gasteiger partial charge in [0.1, 0.15) is 11.6 Å². The summed E-state index contributed by atoms with van der Waals surface area (Å²) in [6, 6.07) is 8.43. The van der Waals surface area contributed by atoms with E-state index < -0.39 is 11.7 Å². The fraction of sp³-hybridized carbons (Fsp3) is 0.423. The van der Waals surface area contributed by atoms with Gasteiger partial charge >= 0.3 is 6.18 Å². The summed E-state index contributed by atoms with van der Waals surface area (Å²) in [5.41, 5.74) is 2.74. The van der Waals surface area contributed by atoms with E-state index in [2.05, 4.69) is 4.90 Å². The van der Waals surface area contributed by atoms with Gasteiger partial charge in [0.15, 0.2) is 0 Å². The Morgan fingerprint density at radius 2 is 1.64 bits per heavy atom. The molecule has 0 bridgehead atoms. The SMILES string of the molecule is O=C1CCC(CN2CCC(=C3c4ccc(F)cc4Sc4ccc(C(F)(F)F)cc43)CC2)CC1. The number of hydrogen-bond acceptors (Lipinski definition) is 3. The van der Waals surface area contributed by atoms with E-state index in [1.807, 2.05) is 0 Å². The van der Waals surface area contributed by atoms with Crippen LogP contribution in [0.3, 0.4) is 0 Å². The smallest absolute Gasteiger partial charge is 0.302 e. The van der Waals surface area contributed by atoms with Crippen molar-refractivity contribution in [1.82, 2.24) is 4.90 Å². The summed E-state index contributed by atoms with van der Waals surface area (Å²) in [4.78, 5) is 15.4. The van der Waals surface area contributed by atoms with Gasteiger partial charge in [-0.25, -0.2) is 4.39 Å². The van der Waals surface area contributed by atoms with Crippen molar-refractivity contribution in [2.45, 2.75) is 54.5 Å². The summed E-state index contributed by atoms with van der Waals surface area (Å²) < 4.78 is 54.4. The quantitative estimate of drug-likeness (QED) is 0.374. The second-order valence-electron chi connectivity index (χ2n) is 9.21. The number of Topliss-reactive ketones (excluding diaryl/α,β-unsaturated/α-hetero) is 1. The van der Waals surface area contributed by atoms with Crippen molar-refractivity contribution in [1.29, 1.82) is 0 Å². The maximum Gasteiger partial charge on any atom is 0.416 e. The zero-order valence-electron chi connectivity index (χ0n) is 18.2. The molecule has 0 atom stereocenters. The summed E-state index contributed by atoms with van der Waals surface area (Å²) in [5, 5.41) is 0. The second-order valence-corrected chi connectivity index (χ2v) is 10.3. The average Bonchev–Trinajstić information content (AvgIpc) is 2.78. The predicted octanol–water partition coefficient (Wildman–Crippen LogP) is 6.97. The van der Waals surface area contributed by atoms with Crippen LogP contribution in [-0.2, 0) is 11.0 Å². The fourth-order valence-electron chi connectivity index (χ4n) is 5.23. The third kappa shape index (κ3) is 4.76. The third-order valence-corrected chi connectivity index (χ3v) is 8.14. The Labute approximate surface area is 195 Å². The first kappa shape index (κ1) is 22.7. The molecular weight excluding hydrogens is 450 g/mol. The lowest BCUT2D eigenvalue weighted by Gasteiger charge is -2.35. The van der Waals surface area contributed by atoms with Crippen molar-refractivity contribution in [3.63, 3.8) is 0 Å². The van der Waals surface area contributed by atoms with Crippen LogP contribution < -0.4 is 0 Å². The summed E-state index contributed by atoms with van der Waals surface area (Å²) in [7, 11) is 0. The number of hydrogen-bond donors (Lipinski definition) is 0. The van der Waals surface area contributed by atoms with Crippen molar-refractivity contribution in [3.8, 4) is 0 Å². The van der Waals surface area contributed by atoms with Gasteiger partial charge in [0.25, 0.3) is 0 Å². The van der Waals surface area contributed by atoms with Crippen LogP contribution in [0.4, 0.5) is 17.6 Å². The Morgan fingerprint density at radius 3 is 2.33 bits per heavy atom. The number of alkyl halides is 3. The molecule has 2 fully saturated rings. The lowest BCUT2D eigenvalue weighted by Crippen LogP contribution is -2.36. The zero-order chi connectivity index (χ0) is 23.2. The molecule has 2 nitrogen and oxygen atoms in total. The van der Waals surface area contributed by atoms with E-state index in [4.69, 9.17) is 0 Å². The Hall–Kier alpha value is -2.12. The first-order chi connectivity index (χ1) is 15.8. The number of carbonyl (C=O) groups is 1. The van der Waals surface area contributed by atoms with Crippen LogP contribution in [0, 0.1) is 11.7 Å². The molecule has 0 radical (unpaired) electrons. The maximum atomic E-state index is 14.0. The molecule has 0 unspecified atom stereocenters. The van der Waals surface area contributed by atoms with Crippen LogP contribution >= 0.6 is 11.8 Å². The molecule has 0 N–H and O–H groups in total. The van der Waals surface area contributed by atoms with Gasteiger partial charge < -0.3 is 4.90 Å². The van der Waals surface area contributed by atoms with E-state index in [9.17, 15) is 22.4 Å². The minimum Gasteiger partial charge on any atom is -0.302 e. The van der Waals surface area contributed by atoms with Gasteiger partial charge in [0.05, 0.1) is 5.56 Å². The van der Waals surface area contributed by atoms with E-state index in [1.54, 1.807) is 6.07 Å². The Kier molecular flexibility index (Phi) is 6.12. The summed E-state index contributed by atoms with van der Waals surface area (Å²) in [6.45, 7) is 2.67. The monoisotopic (exact) mass is 475 g/mol. The van der Waals surface area contributed by atoms with E-state index in [0.29, 0.717) is 30.1 Å². The van der Waals surface area contributed by atoms with E-state index in [-0.39, 0.29) is 5.82 Å². The van der Waals surface area contributed by atoms with Gasteiger partial charge in [0.2, 0.25) is 0 Å². The number of fused-ring (bicyclic) bond motifs is 2. The highest BCUT2D eigenvalue weighted by atomic mass is 32.2. The number of piperidine rings is 1. The summed E-state index contributed by atoms with van der Waals surface area (Å²) in [6.07, 6.45) is 0.397. The van der Waals surface area contributed by atoms with Crippen molar-refractivity contribution in [3.05, 3.63) is 64.5 Å². The average molecular weight is 476 g/mol. The van der Waals surface area contributed by atoms with Gasteiger partial charge in [-0.2, -0.15) is 13.2 Å². The van der Waals surface area contributed by atoms with Gasteiger partial charge in [-0.1, -0.05) is 23.4 Å². The minimum atomic E-state index is -4.41. The summed E-state index contributed by atoms with van der Waals surface area (Å²) >= 11 is 1.33. The number of nitrogens with zero attached hydrogens (tertiary/aromatic N) is 1. The van der Waals surface area contributed by atoms with Crippen LogP contribution in [0.5, 0.6) is 0 Å². The molecular formula is C26H25F4NOS. The lowest BCUT2D eigenvalue weighted by atomic mass is 9.85. The number of benzene rings is 2. The fourth-order valence-corrected chi connectivity index (χ4v) is 6.32. The Bertz CT molecular complexity index is 1100. The number of ketones is 1. The van der Waals surface area contributed by atoms with Crippen LogP contribution in [-0.4, -0.2) is 30.3 Å². The molecule has 2 aliphatic heterocycles. The predicted molar refractivity (Wildman–Crippen MR) is 121 cm³/mol. The molecule has 1 aliphatic carbocycles. The molecule has 5 rings (SSSR count). The van der Waals surface area contributed by atoms with Crippen molar-refractivity contribution in [2.75, 3.05) is 19.6 Å². The minimum absolute atomic E-state index is 0.346. The second kappa shape index (κ2) is 8.91. The zero-order valence-corrected chi connectivity index (χ0v) is 19.0. The Morgan fingerprint density at radius 1 is 0.909 bits per heavy atom. The molecule has 7 heteroatoms. The molecule has 33 heavy (non-hydrogen) atoms. The third-order valence-electron chi connectivity index (χ3n) is 7.00. The Balaban J connectivity index is 1.45. The molecule has 1 saturated heterocycles. The highest BCUT2D eigenvalue weighted by molar-refractivity contribution is 7.99. The lowest BCUT2D eigenvalue weighted by molar-refractivity contribution is -0.137. The van der Waals surface area contributed by atoms with Crippen LogP contribution in [0.2, 0.25) is 0 Å². The number of carbonyl (C=O) groups excluding carboxylic acids is 1. The first-order valence-electron chi connectivity index (χ1n) is 11.4. The number of likely N-dealkylation sites (tertiary alicyclic amines) is 1. The van der Waals surface area contributed by atoms with Gasteiger partial charge in [0, 0.05) is 42.3 Å². The molecule has 0 aromatic heterocycles. The van der Waals surface area contributed by atoms with Crippen molar-refractivity contribution >= 4 is 23.1 Å². The molecule has 2 heterocycles. The molecule has 1 saturated carbocycles. The normalized spacial score (nSPS) is 20.1. The maximum absolute atomic E-state index is 14.0. The number of rotatable bonds is 2. The molecule has 0 amide bonds. The van der Waals surface area contributed by atoms with Gasteiger partial charge in [-0.3, -0.25) is 4.79 Å². The van der Waals surface area contributed by atoms with E-state index >= 15 is 0 Å². The summed E-state index contributed by atoms with van der Waals surface area (Å²) in [5.74, 6) is 0.558. The van der Waals surface area contributed by atoms with Crippen LogP contribution in [0.25, 0.3) is 5.57 Å². The highest BCUT2D eigenvalue weighted by Gasteiger charge is 2.34. The largest absolute Gasteiger partial charge is 0.416 e. The highest BCUT2D eigenvalue weighted by Crippen LogP contribution is 2.49. The molecule has 2 aromatic rings. The van der Waals surface area contributed by atoms with E-state index in [0.717, 1.165) is 77.9 Å². The van der Waals surface area contributed by atoms with Crippen LogP contribution in [0.15, 0.2) is 51.8 Å². The molecule has 174 valence electrons. The van der Waals surface area contributed by atoms with Gasteiger partial charge in [-0.05, 0) is 78.6 Å². The topological polar surface area (TPSA) is 20.3 Å². The van der Waals surface area contributed by atoms with Gasteiger partial charge in [-0.15, -0.1) is 0 Å². The van der Waals surface area contributed by atoms with E-state index in [1.165, 1.54) is 36.0 Å². The molecule has 0 spiro atoms. The van der Waals surface area contributed by atoms with Crippen molar-refractivity contribution < 1.29 is 22.4 Å². The first-order valence-corrected chi connectivity index (χ1v) is 12.2.